The number of amides is 2. The SMILES string of the molecule is O=C(Nc1ccncc1NC(=O)c1ccc(-c2ccccc2)cc1)c1ccc(-c2ccccc2)cc1. The number of carbonyl (C=O) groups is 2. The second-order valence-corrected chi connectivity index (χ2v) is 8.22. The van der Waals surface area contributed by atoms with Crippen LogP contribution in [-0.2, 0) is 0 Å². The van der Waals surface area contributed by atoms with Gasteiger partial charge in [-0.3, -0.25) is 14.6 Å². The molecule has 4 aromatic carbocycles. The lowest BCUT2D eigenvalue weighted by molar-refractivity contribution is 0.101. The third-order valence-electron chi connectivity index (χ3n) is 5.83. The Morgan fingerprint density at radius 2 is 0.889 bits per heavy atom. The number of benzene rings is 4. The summed E-state index contributed by atoms with van der Waals surface area (Å²) >= 11 is 0. The van der Waals surface area contributed by atoms with E-state index in [1.807, 2.05) is 84.9 Å². The van der Waals surface area contributed by atoms with E-state index in [1.165, 1.54) is 6.20 Å². The third-order valence-corrected chi connectivity index (χ3v) is 5.83. The van der Waals surface area contributed by atoms with Gasteiger partial charge >= 0.3 is 0 Å². The van der Waals surface area contributed by atoms with Crippen molar-refractivity contribution in [2.24, 2.45) is 0 Å². The number of pyridine rings is 1. The van der Waals surface area contributed by atoms with Crippen LogP contribution in [0.15, 0.2) is 128 Å². The van der Waals surface area contributed by atoms with Gasteiger partial charge in [-0.05, 0) is 52.6 Å². The first-order valence-corrected chi connectivity index (χ1v) is 11.5. The zero-order chi connectivity index (χ0) is 24.7. The Balaban J connectivity index is 1.28. The van der Waals surface area contributed by atoms with Gasteiger partial charge in [0.25, 0.3) is 11.8 Å². The predicted molar refractivity (Wildman–Crippen MR) is 144 cm³/mol. The van der Waals surface area contributed by atoms with Crippen molar-refractivity contribution < 1.29 is 9.59 Å². The van der Waals surface area contributed by atoms with Gasteiger partial charge in [-0.2, -0.15) is 0 Å². The molecule has 5 heteroatoms. The predicted octanol–water partition coefficient (Wildman–Crippen LogP) is 6.92. The molecule has 0 saturated carbocycles. The summed E-state index contributed by atoms with van der Waals surface area (Å²) in [7, 11) is 0. The lowest BCUT2D eigenvalue weighted by Gasteiger charge is -2.12. The van der Waals surface area contributed by atoms with E-state index in [9.17, 15) is 9.59 Å². The second-order valence-electron chi connectivity index (χ2n) is 8.22. The summed E-state index contributed by atoms with van der Waals surface area (Å²) in [5.41, 5.74) is 6.13. The van der Waals surface area contributed by atoms with E-state index in [4.69, 9.17) is 0 Å². The number of nitrogens with zero attached hydrogens (tertiary/aromatic N) is 1. The van der Waals surface area contributed by atoms with Crippen LogP contribution in [0.4, 0.5) is 11.4 Å². The van der Waals surface area contributed by atoms with Crippen molar-refractivity contribution in [2.45, 2.75) is 0 Å². The number of nitrogens with one attached hydrogen (secondary N) is 2. The van der Waals surface area contributed by atoms with Crippen LogP contribution < -0.4 is 10.6 Å². The van der Waals surface area contributed by atoms with E-state index in [0.29, 0.717) is 22.5 Å². The first-order valence-electron chi connectivity index (χ1n) is 11.5. The van der Waals surface area contributed by atoms with Crippen LogP contribution in [0, 0.1) is 0 Å². The summed E-state index contributed by atoms with van der Waals surface area (Å²) in [6.07, 6.45) is 3.09. The van der Waals surface area contributed by atoms with E-state index in [0.717, 1.165) is 22.3 Å². The first kappa shape index (κ1) is 22.7. The maximum absolute atomic E-state index is 12.9. The van der Waals surface area contributed by atoms with Gasteiger partial charge < -0.3 is 10.6 Å². The van der Waals surface area contributed by atoms with Crippen molar-refractivity contribution in [1.29, 1.82) is 0 Å². The van der Waals surface area contributed by atoms with E-state index in [-0.39, 0.29) is 11.8 Å². The molecule has 0 aliphatic heterocycles. The molecule has 0 aliphatic carbocycles. The molecule has 0 fully saturated rings. The smallest absolute Gasteiger partial charge is 0.255 e. The minimum atomic E-state index is -0.287. The zero-order valence-electron chi connectivity index (χ0n) is 19.4. The number of hydrogen-bond donors (Lipinski definition) is 2. The Hall–Kier alpha value is -5.03. The molecule has 2 N–H and O–H groups in total. The van der Waals surface area contributed by atoms with Gasteiger partial charge in [0, 0.05) is 17.3 Å². The van der Waals surface area contributed by atoms with Gasteiger partial charge in [-0.1, -0.05) is 84.9 Å². The fraction of sp³-hybridized carbons (Fsp3) is 0. The number of carbonyl (C=O) groups excluding carboxylic acids is 2. The lowest BCUT2D eigenvalue weighted by Crippen LogP contribution is -2.17. The molecule has 36 heavy (non-hydrogen) atoms. The van der Waals surface area contributed by atoms with E-state index < -0.39 is 0 Å². The van der Waals surface area contributed by atoms with Crippen LogP contribution >= 0.6 is 0 Å². The van der Waals surface area contributed by atoms with Crippen LogP contribution in [0.3, 0.4) is 0 Å². The van der Waals surface area contributed by atoms with Gasteiger partial charge in [-0.15, -0.1) is 0 Å². The molecule has 0 spiro atoms. The highest BCUT2D eigenvalue weighted by atomic mass is 16.2. The van der Waals surface area contributed by atoms with Crippen molar-refractivity contribution in [3.63, 3.8) is 0 Å². The molecular formula is C31H23N3O2. The number of anilines is 2. The minimum Gasteiger partial charge on any atom is -0.320 e. The van der Waals surface area contributed by atoms with Crippen molar-refractivity contribution in [1.82, 2.24) is 4.98 Å². The molecule has 5 rings (SSSR count). The zero-order valence-corrected chi connectivity index (χ0v) is 19.4. The number of aromatic nitrogens is 1. The Kier molecular flexibility index (Phi) is 6.63. The van der Waals surface area contributed by atoms with Gasteiger partial charge in [0.15, 0.2) is 0 Å². The van der Waals surface area contributed by atoms with E-state index in [2.05, 4.69) is 15.6 Å². The summed E-state index contributed by atoms with van der Waals surface area (Å²) in [4.78, 5) is 29.9. The first-order chi connectivity index (χ1) is 17.7. The van der Waals surface area contributed by atoms with Gasteiger partial charge in [0.05, 0.1) is 17.6 Å². The molecule has 0 unspecified atom stereocenters. The summed E-state index contributed by atoms with van der Waals surface area (Å²) < 4.78 is 0. The summed E-state index contributed by atoms with van der Waals surface area (Å²) in [6, 6.07) is 36.4. The third kappa shape index (κ3) is 5.21. The molecule has 0 radical (unpaired) electrons. The fourth-order valence-corrected chi connectivity index (χ4v) is 3.88. The molecule has 1 heterocycles. The standard InChI is InChI=1S/C31H23N3O2/c35-30(26-15-11-24(12-16-26)22-7-3-1-4-8-22)33-28-19-20-32-21-29(28)34-31(36)27-17-13-25(14-18-27)23-9-5-2-6-10-23/h1-21H,(H,34,36)(H,32,33,35). The Morgan fingerprint density at radius 1 is 0.472 bits per heavy atom. The highest BCUT2D eigenvalue weighted by molar-refractivity contribution is 6.10. The Bertz CT molecular complexity index is 1370. The summed E-state index contributed by atoms with van der Waals surface area (Å²) in [5.74, 6) is -0.561. The lowest BCUT2D eigenvalue weighted by atomic mass is 10.0. The maximum atomic E-state index is 12.9. The molecule has 0 saturated heterocycles. The van der Waals surface area contributed by atoms with Gasteiger partial charge in [0.2, 0.25) is 0 Å². The van der Waals surface area contributed by atoms with E-state index >= 15 is 0 Å². The molecule has 1 aromatic heterocycles. The maximum Gasteiger partial charge on any atom is 0.255 e. The van der Waals surface area contributed by atoms with Gasteiger partial charge in [-0.25, -0.2) is 0 Å². The van der Waals surface area contributed by atoms with Crippen LogP contribution in [-0.4, -0.2) is 16.8 Å². The second kappa shape index (κ2) is 10.5. The normalized spacial score (nSPS) is 10.4. The Labute approximate surface area is 209 Å². The quantitative estimate of drug-likeness (QED) is 0.284. The molecule has 174 valence electrons. The van der Waals surface area contributed by atoms with Crippen LogP contribution in [0.5, 0.6) is 0 Å². The largest absolute Gasteiger partial charge is 0.320 e. The average Bonchev–Trinajstić information content (AvgIpc) is 2.95. The van der Waals surface area contributed by atoms with Crippen LogP contribution in [0.1, 0.15) is 20.7 Å². The van der Waals surface area contributed by atoms with Crippen molar-refractivity contribution in [3.05, 3.63) is 139 Å². The molecule has 2 amide bonds. The average molecular weight is 470 g/mol. The van der Waals surface area contributed by atoms with Crippen molar-refractivity contribution in [2.75, 3.05) is 10.6 Å². The molecular weight excluding hydrogens is 446 g/mol. The molecule has 0 aliphatic rings. The Morgan fingerprint density at radius 3 is 1.36 bits per heavy atom. The summed E-state index contributed by atoms with van der Waals surface area (Å²) in [5, 5.41) is 5.74. The monoisotopic (exact) mass is 469 g/mol. The van der Waals surface area contributed by atoms with Crippen LogP contribution in [0.2, 0.25) is 0 Å². The van der Waals surface area contributed by atoms with Crippen molar-refractivity contribution in [3.8, 4) is 22.3 Å². The van der Waals surface area contributed by atoms with E-state index in [1.54, 1.807) is 36.5 Å². The number of hydrogen-bond acceptors (Lipinski definition) is 3. The molecule has 5 aromatic rings. The highest BCUT2D eigenvalue weighted by Gasteiger charge is 2.13. The molecule has 5 nitrogen and oxygen atoms in total. The van der Waals surface area contributed by atoms with Gasteiger partial charge in [0.1, 0.15) is 0 Å². The highest BCUT2D eigenvalue weighted by Crippen LogP contribution is 2.24. The topological polar surface area (TPSA) is 71.1 Å². The molecule has 0 atom stereocenters. The summed E-state index contributed by atoms with van der Waals surface area (Å²) in [6.45, 7) is 0. The molecule has 0 bridgehead atoms. The van der Waals surface area contributed by atoms with Crippen LogP contribution in [0.25, 0.3) is 22.3 Å². The van der Waals surface area contributed by atoms with Crippen molar-refractivity contribution >= 4 is 23.2 Å². The fourth-order valence-electron chi connectivity index (χ4n) is 3.88. The minimum absolute atomic E-state index is 0.275. The number of rotatable bonds is 6.